The SMILES string of the molecule is COc1ncc(NC(=O)Cc2ccc(C)cc2)cc1C(N)=O. The number of aromatic nitrogens is 1. The van der Waals surface area contributed by atoms with Crippen LogP contribution in [0.15, 0.2) is 36.5 Å². The number of nitrogens with zero attached hydrogens (tertiary/aromatic N) is 1. The van der Waals surface area contributed by atoms with Crippen molar-refractivity contribution in [2.24, 2.45) is 5.73 Å². The quantitative estimate of drug-likeness (QED) is 0.878. The Labute approximate surface area is 128 Å². The Bertz CT molecular complexity index is 696. The molecule has 1 aromatic carbocycles. The Morgan fingerprint density at radius 2 is 1.95 bits per heavy atom. The highest BCUT2D eigenvalue weighted by Crippen LogP contribution is 2.19. The highest BCUT2D eigenvalue weighted by Gasteiger charge is 2.13. The minimum absolute atomic E-state index is 0.121. The molecule has 0 radical (unpaired) electrons. The molecule has 1 aromatic heterocycles. The first-order valence-corrected chi connectivity index (χ1v) is 6.69. The van der Waals surface area contributed by atoms with Gasteiger partial charge in [0.15, 0.2) is 0 Å². The molecule has 0 atom stereocenters. The van der Waals surface area contributed by atoms with Gasteiger partial charge in [-0.05, 0) is 18.6 Å². The number of ether oxygens (including phenoxy) is 1. The van der Waals surface area contributed by atoms with Gasteiger partial charge in [-0.3, -0.25) is 9.59 Å². The molecule has 114 valence electrons. The molecule has 0 saturated heterocycles. The first-order chi connectivity index (χ1) is 10.5. The molecule has 6 nitrogen and oxygen atoms in total. The van der Waals surface area contributed by atoms with E-state index < -0.39 is 5.91 Å². The van der Waals surface area contributed by atoms with Crippen LogP contribution >= 0.6 is 0 Å². The molecule has 0 aliphatic heterocycles. The summed E-state index contributed by atoms with van der Waals surface area (Å²) < 4.78 is 4.95. The monoisotopic (exact) mass is 299 g/mol. The number of aryl methyl sites for hydroxylation is 1. The summed E-state index contributed by atoms with van der Waals surface area (Å²) in [6.45, 7) is 1.98. The molecule has 22 heavy (non-hydrogen) atoms. The summed E-state index contributed by atoms with van der Waals surface area (Å²) >= 11 is 0. The van der Waals surface area contributed by atoms with Gasteiger partial charge in [0.05, 0.1) is 25.4 Å². The van der Waals surface area contributed by atoms with Crippen LogP contribution in [-0.4, -0.2) is 23.9 Å². The van der Waals surface area contributed by atoms with Crippen LogP contribution in [0.3, 0.4) is 0 Å². The fourth-order valence-electron chi connectivity index (χ4n) is 1.96. The van der Waals surface area contributed by atoms with Gasteiger partial charge < -0.3 is 15.8 Å². The summed E-state index contributed by atoms with van der Waals surface area (Å²) in [4.78, 5) is 27.3. The normalized spacial score (nSPS) is 10.1. The lowest BCUT2D eigenvalue weighted by Crippen LogP contribution is -2.17. The molecular formula is C16H17N3O3. The minimum Gasteiger partial charge on any atom is -0.480 e. The number of nitrogens with one attached hydrogen (secondary N) is 1. The maximum Gasteiger partial charge on any atom is 0.254 e. The zero-order chi connectivity index (χ0) is 16.1. The van der Waals surface area contributed by atoms with Gasteiger partial charge in [-0.15, -0.1) is 0 Å². The van der Waals surface area contributed by atoms with Crippen molar-refractivity contribution in [1.29, 1.82) is 0 Å². The van der Waals surface area contributed by atoms with E-state index >= 15 is 0 Å². The second-order valence-electron chi connectivity index (χ2n) is 4.86. The standard InChI is InChI=1S/C16H17N3O3/c1-10-3-5-11(6-4-10)7-14(20)19-12-8-13(15(17)21)16(22-2)18-9-12/h3-6,8-9H,7H2,1-2H3,(H2,17,21)(H,19,20). The maximum absolute atomic E-state index is 12.0. The molecule has 0 aliphatic rings. The Hall–Kier alpha value is -2.89. The molecule has 2 amide bonds. The topological polar surface area (TPSA) is 94.3 Å². The molecule has 0 spiro atoms. The first kappa shape index (κ1) is 15.5. The lowest BCUT2D eigenvalue weighted by Gasteiger charge is -2.09. The molecule has 0 saturated carbocycles. The van der Waals surface area contributed by atoms with Gasteiger partial charge in [0, 0.05) is 0 Å². The van der Waals surface area contributed by atoms with Crippen LogP contribution in [0, 0.1) is 6.92 Å². The van der Waals surface area contributed by atoms with Crippen LogP contribution in [0.4, 0.5) is 5.69 Å². The Morgan fingerprint density at radius 3 is 2.55 bits per heavy atom. The second kappa shape index (κ2) is 6.71. The number of rotatable bonds is 5. The van der Waals surface area contributed by atoms with Crippen LogP contribution in [0.5, 0.6) is 5.88 Å². The number of methoxy groups -OCH3 is 1. The highest BCUT2D eigenvalue weighted by molar-refractivity contribution is 5.98. The van der Waals surface area contributed by atoms with Crippen molar-refractivity contribution in [2.75, 3.05) is 12.4 Å². The molecule has 0 aliphatic carbocycles. The van der Waals surface area contributed by atoms with Gasteiger partial charge in [0.1, 0.15) is 5.56 Å². The van der Waals surface area contributed by atoms with Gasteiger partial charge in [0.2, 0.25) is 11.8 Å². The van der Waals surface area contributed by atoms with E-state index in [-0.39, 0.29) is 23.8 Å². The van der Waals surface area contributed by atoms with Crippen molar-refractivity contribution < 1.29 is 14.3 Å². The van der Waals surface area contributed by atoms with E-state index in [1.54, 1.807) is 0 Å². The molecule has 2 rings (SSSR count). The molecule has 3 N–H and O–H groups in total. The smallest absolute Gasteiger partial charge is 0.254 e. The van der Waals surface area contributed by atoms with Crippen LogP contribution in [0.1, 0.15) is 21.5 Å². The van der Waals surface area contributed by atoms with Crippen molar-refractivity contribution in [1.82, 2.24) is 4.98 Å². The Kier molecular flexibility index (Phi) is 4.73. The number of pyridine rings is 1. The van der Waals surface area contributed by atoms with Crippen molar-refractivity contribution in [3.63, 3.8) is 0 Å². The predicted molar refractivity (Wildman–Crippen MR) is 82.8 cm³/mol. The van der Waals surface area contributed by atoms with Crippen LogP contribution in [0.2, 0.25) is 0 Å². The molecule has 0 bridgehead atoms. The van der Waals surface area contributed by atoms with Crippen LogP contribution in [0.25, 0.3) is 0 Å². The van der Waals surface area contributed by atoms with Gasteiger partial charge in [-0.2, -0.15) is 0 Å². The lowest BCUT2D eigenvalue weighted by atomic mass is 10.1. The van der Waals surface area contributed by atoms with E-state index in [4.69, 9.17) is 10.5 Å². The van der Waals surface area contributed by atoms with E-state index in [9.17, 15) is 9.59 Å². The van der Waals surface area contributed by atoms with Gasteiger partial charge in [-0.25, -0.2) is 4.98 Å². The third kappa shape index (κ3) is 3.82. The molecular weight excluding hydrogens is 282 g/mol. The summed E-state index contributed by atoms with van der Waals surface area (Å²) in [6, 6.07) is 9.14. The fraction of sp³-hybridized carbons (Fsp3) is 0.188. The zero-order valence-corrected chi connectivity index (χ0v) is 12.4. The maximum atomic E-state index is 12.0. The number of benzene rings is 1. The minimum atomic E-state index is -0.668. The lowest BCUT2D eigenvalue weighted by molar-refractivity contribution is -0.115. The number of hydrogen-bond acceptors (Lipinski definition) is 4. The Morgan fingerprint density at radius 1 is 1.27 bits per heavy atom. The summed E-state index contributed by atoms with van der Waals surface area (Å²) in [6.07, 6.45) is 1.65. The number of primary amides is 1. The summed E-state index contributed by atoms with van der Waals surface area (Å²) in [7, 11) is 1.39. The van der Waals surface area contributed by atoms with Crippen molar-refractivity contribution in [3.8, 4) is 5.88 Å². The largest absolute Gasteiger partial charge is 0.480 e. The van der Waals surface area contributed by atoms with Crippen LogP contribution in [-0.2, 0) is 11.2 Å². The summed E-state index contributed by atoms with van der Waals surface area (Å²) in [5.41, 5.74) is 7.81. The summed E-state index contributed by atoms with van der Waals surface area (Å²) in [5, 5.41) is 2.69. The molecule has 0 fully saturated rings. The van der Waals surface area contributed by atoms with Gasteiger partial charge in [0.25, 0.3) is 5.91 Å². The average Bonchev–Trinajstić information content (AvgIpc) is 2.49. The van der Waals surface area contributed by atoms with E-state index in [1.165, 1.54) is 19.4 Å². The number of carbonyl (C=O) groups is 2. The number of anilines is 1. The van der Waals surface area contributed by atoms with Crippen molar-refractivity contribution in [2.45, 2.75) is 13.3 Å². The van der Waals surface area contributed by atoms with E-state index in [1.807, 2.05) is 31.2 Å². The van der Waals surface area contributed by atoms with E-state index in [0.29, 0.717) is 5.69 Å². The number of hydrogen-bond donors (Lipinski definition) is 2. The molecule has 1 heterocycles. The molecule has 6 heteroatoms. The average molecular weight is 299 g/mol. The molecule has 0 unspecified atom stereocenters. The fourth-order valence-corrected chi connectivity index (χ4v) is 1.96. The first-order valence-electron chi connectivity index (χ1n) is 6.69. The number of nitrogens with two attached hydrogens (primary N) is 1. The van der Waals surface area contributed by atoms with Crippen LogP contribution < -0.4 is 15.8 Å². The summed E-state index contributed by atoms with van der Waals surface area (Å²) in [5.74, 6) is -0.741. The van der Waals surface area contributed by atoms with Crippen molar-refractivity contribution in [3.05, 3.63) is 53.2 Å². The van der Waals surface area contributed by atoms with E-state index in [0.717, 1.165) is 11.1 Å². The van der Waals surface area contributed by atoms with Gasteiger partial charge >= 0.3 is 0 Å². The van der Waals surface area contributed by atoms with Gasteiger partial charge in [-0.1, -0.05) is 29.8 Å². The predicted octanol–water partition coefficient (Wildman–Crippen LogP) is 1.68. The second-order valence-corrected chi connectivity index (χ2v) is 4.86. The van der Waals surface area contributed by atoms with Crippen molar-refractivity contribution >= 4 is 17.5 Å². The van der Waals surface area contributed by atoms with E-state index in [2.05, 4.69) is 10.3 Å². The Balaban J connectivity index is 2.09. The highest BCUT2D eigenvalue weighted by atomic mass is 16.5. The third-order valence-electron chi connectivity index (χ3n) is 3.08. The third-order valence-corrected chi connectivity index (χ3v) is 3.08. The number of carbonyl (C=O) groups excluding carboxylic acids is 2. The number of amides is 2. The zero-order valence-electron chi connectivity index (χ0n) is 12.4. The molecule has 2 aromatic rings.